The Hall–Kier alpha value is -1.22. The van der Waals surface area contributed by atoms with E-state index in [1.807, 2.05) is 12.1 Å². The first-order valence-corrected chi connectivity index (χ1v) is 17.1. The molecule has 0 heterocycles. The zero-order chi connectivity index (χ0) is 26.4. The summed E-state index contributed by atoms with van der Waals surface area (Å²) in [6.45, 7) is 0. The quantitative estimate of drug-likeness (QED) is 0.139. The molecule has 0 aromatic heterocycles. The molecule has 0 aliphatic heterocycles. The van der Waals surface area contributed by atoms with Gasteiger partial charge in [0.2, 0.25) is 0 Å². The van der Waals surface area contributed by atoms with Crippen LogP contribution in [0.15, 0.2) is 70.5 Å². The average molecular weight is 764 g/mol. The number of halogens is 2. The van der Waals surface area contributed by atoms with E-state index in [4.69, 9.17) is 4.18 Å². The molecule has 0 saturated heterocycles. The van der Waals surface area contributed by atoms with Crippen molar-refractivity contribution in [1.29, 1.82) is 0 Å². The number of benzene rings is 2. The normalized spacial score (nSPS) is 23.3. The van der Waals surface area contributed by atoms with Gasteiger partial charge in [-0.15, -0.1) is 0 Å². The Morgan fingerprint density at radius 1 is 0.703 bits per heavy atom. The second kappa shape index (κ2) is 10.7. The summed E-state index contributed by atoms with van der Waals surface area (Å²) in [5.41, 5.74) is 2.67. The number of hydrogen-bond donors (Lipinski definition) is 1. The maximum absolute atomic E-state index is 14.0. The summed E-state index contributed by atoms with van der Waals surface area (Å²) < 4.78 is 67.3. The van der Waals surface area contributed by atoms with E-state index in [2.05, 4.69) is 36.5 Å². The highest BCUT2D eigenvalue weighted by molar-refractivity contribution is 14.1. The summed E-state index contributed by atoms with van der Waals surface area (Å²) in [7, 11) is -8.74. The Labute approximate surface area is 245 Å². The molecule has 3 aliphatic carbocycles. The third-order valence-electron chi connectivity index (χ3n) is 7.12. The smallest absolute Gasteiger partial charge is 0.339 e. The molecule has 0 spiro atoms. The van der Waals surface area contributed by atoms with Crippen molar-refractivity contribution >= 4 is 65.4 Å². The highest BCUT2D eigenvalue weighted by Gasteiger charge is 2.34. The summed E-state index contributed by atoms with van der Waals surface area (Å²) in [4.78, 5) is -0.0452. The van der Waals surface area contributed by atoms with Crippen LogP contribution in [0.3, 0.4) is 0 Å². The molecule has 6 nitrogen and oxygen atoms in total. The molecule has 3 atom stereocenters. The molecule has 3 aliphatic rings. The number of allylic oxidation sites excluding steroid dienone is 6. The lowest BCUT2D eigenvalue weighted by molar-refractivity contribution is 0.479. The molecule has 0 saturated carbocycles. The molecule has 3 unspecified atom stereocenters. The van der Waals surface area contributed by atoms with E-state index < -0.39 is 20.2 Å². The molecule has 0 bridgehead atoms. The van der Waals surface area contributed by atoms with Gasteiger partial charge in [0, 0.05) is 24.9 Å². The topological polar surface area (TPSA) is 97.7 Å². The van der Waals surface area contributed by atoms with Crippen LogP contribution >= 0.6 is 45.2 Å². The number of hydrogen-bond acceptors (Lipinski definition) is 5. The molecule has 0 amide bonds. The monoisotopic (exact) mass is 764 g/mol. The molecular weight excluding hydrogens is 738 g/mol. The summed E-state index contributed by atoms with van der Waals surface area (Å²) in [6, 6.07) is 6.75. The molecule has 2 aromatic rings. The van der Waals surface area contributed by atoms with Gasteiger partial charge in [0.15, 0.2) is 0 Å². The summed E-state index contributed by atoms with van der Waals surface area (Å²) in [5, 5.41) is 0. The minimum atomic E-state index is -4.47. The van der Waals surface area contributed by atoms with E-state index in [1.165, 1.54) is 12.1 Å². The predicted molar refractivity (Wildman–Crippen MR) is 159 cm³/mol. The van der Waals surface area contributed by atoms with Crippen LogP contribution in [0.25, 0.3) is 0 Å². The molecule has 0 fully saturated rings. The Bertz CT molecular complexity index is 1470. The van der Waals surface area contributed by atoms with Crippen molar-refractivity contribution in [3.05, 3.63) is 84.6 Å². The van der Waals surface area contributed by atoms with E-state index in [9.17, 15) is 21.4 Å². The first-order chi connectivity index (χ1) is 17.5. The largest absolute Gasteiger partial charge is 0.379 e. The van der Waals surface area contributed by atoms with Crippen molar-refractivity contribution in [1.82, 2.24) is 0 Å². The standard InChI is InChI=1S/C27H26I2O6S2/c28-24-15-21(16-25(29)27(24)36(30,31)32)35-37(33,34)26-22(18-9-3-4-10-18)13-20(17-7-1-2-8-17)14-23(26)19-11-5-6-12-19/h1,3,5,7,9,11,13-19H,2,4,6,8,10,12H2,(H,30,31,32). The Balaban J connectivity index is 1.66. The first kappa shape index (κ1) is 27.4. The van der Waals surface area contributed by atoms with Crippen LogP contribution in [0.2, 0.25) is 0 Å². The van der Waals surface area contributed by atoms with Crippen molar-refractivity contribution in [2.45, 2.75) is 66.1 Å². The minimum Gasteiger partial charge on any atom is -0.379 e. The predicted octanol–water partition coefficient (Wildman–Crippen LogP) is 7.21. The van der Waals surface area contributed by atoms with E-state index in [-0.39, 0.29) is 40.4 Å². The minimum absolute atomic E-state index is 0.00447. The van der Waals surface area contributed by atoms with Crippen LogP contribution in [0, 0.1) is 7.14 Å². The van der Waals surface area contributed by atoms with Gasteiger partial charge in [-0.25, -0.2) is 0 Å². The zero-order valence-corrected chi connectivity index (χ0v) is 25.8. The van der Waals surface area contributed by atoms with Gasteiger partial charge in [0.25, 0.3) is 10.1 Å². The molecule has 10 heteroatoms. The van der Waals surface area contributed by atoms with Gasteiger partial charge in [0.1, 0.15) is 15.5 Å². The molecule has 196 valence electrons. The van der Waals surface area contributed by atoms with Gasteiger partial charge in [0.05, 0.1) is 0 Å². The van der Waals surface area contributed by atoms with Crippen LogP contribution in [0.4, 0.5) is 0 Å². The molecule has 0 radical (unpaired) electrons. The Kier molecular flexibility index (Phi) is 7.94. The third kappa shape index (κ3) is 5.73. The maximum atomic E-state index is 14.0. The second-order valence-corrected chi connectivity index (χ2v) is 14.8. The fraction of sp³-hybridized carbons (Fsp3) is 0.333. The van der Waals surface area contributed by atoms with Crippen LogP contribution in [0.5, 0.6) is 5.75 Å². The van der Waals surface area contributed by atoms with Crippen molar-refractivity contribution in [2.24, 2.45) is 0 Å². The Morgan fingerprint density at radius 2 is 1.16 bits per heavy atom. The zero-order valence-electron chi connectivity index (χ0n) is 19.8. The fourth-order valence-electron chi connectivity index (χ4n) is 5.45. The molecular formula is C27H26I2O6S2. The van der Waals surface area contributed by atoms with E-state index in [0.717, 1.165) is 55.2 Å². The van der Waals surface area contributed by atoms with E-state index in [0.29, 0.717) is 0 Å². The third-order valence-corrected chi connectivity index (χ3v) is 11.9. The lowest BCUT2D eigenvalue weighted by atomic mass is 9.86. The van der Waals surface area contributed by atoms with Crippen molar-refractivity contribution in [3.63, 3.8) is 0 Å². The van der Waals surface area contributed by atoms with Crippen LogP contribution < -0.4 is 4.18 Å². The first-order valence-electron chi connectivity index (χ1n) is 12.1. The molecule has 1 N–H and O–H groups in total. The lowest BCUT2D eigenvalue weighted by Gasteiger charge is -2.24. The van der Waals surface area contributed by atoms with Crippen molar-refractivity contribution in [2.75, 3.05) is 0 Å². The number of rotatable bonds is 7. The fourth-order valence-corrected chi connectivity index (χ4v) is 10.9. The average Bonchev–Trinajstić information content (AvgIpc) is 3.60. The molecule has 5 rings (SSSR count). The highest BCUT2D eigenvalue weighted by atomic mass is 127. The van der Waals surface area contributed by atoms with Crippen molar-refractivity contribution in [3.8, 4) is 5.75 Å². The maximum Gasteiger partial charge on any atom is 0.339 e. The van der Waals surface area contributed by atoms with Crippen LogP contribution in [-0.4, -0.2) is 21.4 Å². The van der Waals surface area contributed by atoms with Gasteiger partial charge < -0.3 is 4.18 Å². The summed E-state index contributed by atoms with van der Waals surface area (Å²) in [5.74, 6) is 0.224. The van der Waals surface area contributed by atoms with Gasteiger partial charge in [-0.3, -0.25) is 4.55 Å². The SMILES string of the molecule is O=S(=O)(O)c1c(I)cc(OS(=O)(=O)c2c(C3C=CCC3)cc(C3C=CCC3)cc2C2C=CCC2)cc1I. The van der Waals surface area contributed by atoms with E-state index in [1.54, 1.807) is 45.2 Å². The highest BCUT2D eigenvalue weighted by Crippen LogP contribution is 2.44. The van der Waals surface area contributed by atoms with Crippen LogP contribution in [-0.2, 0) is 20.2 Å². The van der Waals surface area contributed by atoms with Gasteiger partial charge >= 0.3 is 10.1 Å². The summed E-state index contributed by atoms with van der Waals surface area (Å²) in [6.07, 6.45) is 18.3. The van der Waals surface area contributed by atoms with Gasteiger partial charge in [-0.2, -0.15) is 16.8 Å². The van der Waals surface area contributed by atoms with Crippen LogP contribution in [0.1, 0.15) is 73.0 Å². The Morgan fingerprint density at radius 3 is 1.57 bits per heavy atom. The van der Waals surface area contributed by atoms with E-state index >= 15 is 0 Å². The van der Waals surface area contributed by atoms with Gasteiger partial charge in [-0.05, 0) is 113 Å². The van der Waals surface area contributed by atoms with Gasteiger partial charge in [-0.1, -0.05) is 48.6 Å². The molecule has 37 heavy (non-hydrogen) atoms. The second-order valence-electron chi connectivity index (χ2n) is 9.59. The lowest BCUT2D eigenvalue weighted by Crippen LogP contribution is -2.18. The molecule has 2 aromatic carbocycles. The van der Waals surface area contributed by atoms with Crippen molar-refractivity contribution < 1.29 is 25.6 Å². The summed E-state index contributed by atoms with van der Waals surface area (Å²) >= 11 is 3.52.